The van der Waals surface area contributed by atoms with Crippen LogP contribution in [0.5, 0.6) is 5.75 Å². The number of benzene rings is 1. The van der Waals surface area contributed by atoms with Crippen LogP contribution in [-0.4, -0.2) is 22.2 Å². The second-order valence-corrected chi connectivity index (χ2v) is 6.74. The first-order valence-corrected chi connectivity index (χ1v) is 8.78. The number of hydrogen-bond acceptors (Lipinski definition) is 6. The Morgan fingerprint density at radius 3 is 2.76 bits per heavy atom. The fraction of sp³-hybridized carbons (Fsp3) is 0.278. The third-order valence-electron chi connectivity index (χ3n) is 3.50. The second-order valence-electron chi connectivity index (χ2n) is 5.79. The number of aromatic nitrogens is 2. The Bertz CT molecular complexity index is 838. The summed E-state index contributed by atoms with van der Waals surface area (Å²) in [5.41, 5.74) is 2.18. The first-order chi connectivity index (χ1) is 12.0. The molecule has 0 saturated heterocycles. The molecule has 1 amide bonds. The molecule has 0 unspecified atom stereocenters. The molecule has 1 atom stereocenters. The average molecular weight is 357 g/mol. The predicted molar refractivity (Wildman–Crippen MR) is 95.5 cm³/mol. The molecule has 25 heavy (non-hydrogen) atoms. The number of amides is 1. The minimum absolute atomic E-state index is 0.164. The number of rotatable bonds is 6. The van der Waals surface area contributed by atoms with Crippen molar-refractivity contribution < 1.29 is 14.1 Å². The van der Waals surface area contributed by atoms with Gasteiger partial charge in [-0.3, -0.25) is 4.79 Å². The molecule has 6 nitrogen and oxygen atoms in total. The number of thiophene rings is 1. The highest BCUT2D eigenvalue weighted by Gasteiger charge is 2.16. The summed E-state index contributed by atoms with van der Waals surface area (Å²) >= 11 is 1.53. The molecule has 0 aliphatic rings. The van der Waals surface area contributed by atoms with Gasteiger partial charge in [-0.1, -0.05) is 17.3 Å². The van der Waals surface area contributed by atoms with Crippen LogP contribution >= 0.6 is 11.3 Å². The molecule has 2 heterocycles. The average Bonchev–Trinajstić information content (AvgIpc) is 3.22. The summed E-state index contributed by atoms with van der Waals surface area (Å²) in [7, 11) is 0. The predicted octanol–water partition coefficient (Wildman–Crippen LogP) is 3.50. The van der Waals surface area contributed by atoms with Crippen LogP contribution in [0.4, 0.5) is 0 Å². The minimum atomic E-state index is -0.624. The SMILES string of the molecule is Cc1cc(C)cc(O[C@@H](C)C(=O)NCc2nc(-c3cccs3)no2)c1. The molecular weight excluding hydrogens is 338 g/mol. The fourth-order valence-electron chi connectivity index (χ4n) is 2.40. The first-order valence-electron chi connectivity index (χ1n) is 7.90. The number of ether oxygens (including phenoxy) is 1. The maximum absolute atomic E-state index is 12.2. The van der Waals surface area contributed by atoms with E-state index in [-0.39, 0.29) is 12.5 Å². The van der Waals surface area contributed by atoms with Crippen molar-refractivity contribution in [3.63, 3.8) is 0 Å². The maximum Gasteiger partial charge on any atom is 0.261 e. The van der Waals surface area contributed by atoms with Gasteiger partial charge in [0.05, 0.1) is 11.4 Å². The second kappa shape index (κ2) is 7.48. The van der Waals surface area contributed by atoms with Gasteiger partial charge in [0.2, 0.25) is 11.7 Å². The van der Waals surface area contributed by atoms with Crippen LogP contribution < -0.4 is 10.1 Å². The maximum atomic E-state index is 12.2. The van der Waals surface area contributed by atoms with E-state index in [0.29, 0.717) is 17.5 Å². The summed E-state index contributed by atoms with van der Waals surface area (Å²) in [6.07, 6.45) is -0.624. The van der Waals surface area contributed by atoms with Crippen LogP contribution in [0, 0.1) is 13.8 Å². The van der Waals surface area contributed by atoms with Crippen LogP contribution in [0.2, 0.25) is 0 Å². The van der Waals surface area contributed by atoms with Crippen molar-refractivity contribution in [3.8, 4) is 16.5 Å². The summed E-state index contributed by atoms with van der Waals surface area (Å²) < 4.78 is 10.9. The van der Waals surface area contributed by atoms with E-state index in [0.717, 1.165) is 16.0 Å². The van der Waals surface area contributed by atoms with Gasteiger partial charge in [0.15, 0.2) is 6.10 Å². The third-order valence-corrected chi connectivity index (χ3v) is 4.37. The van der Waals surface area contributed by atoms with Gasteiger partial charge in [-0.15, -0.1) is 11.3 Å². The van der Waals surface area contributed by atoms with Crippen molar-refractivity contribution in [2.75, 3.05) is 0 Å². The lowest BCUT2D eigenvalue weighted by Crippen LogP contribution is -2.36. The highest BCUT2D eigenvalue weighted by Crippen LogP contribution is 2.21. The van der Waals surface area contributed by atoms with Gasteiger partial charge in [-0.05, 0) is 55.5 Å². The fourth-order valence-corrected chi connectivity index (χ4v) is 3.05. The molecule has 0 spiro atoms. The van der Waals surface area contributed by atoms with Crippen LogP contribution in [0.1, 0.15) is 23.9 Å². The zero-order valence-corrected chi connectivity index (χ0v) is 15.1. The Labute approximate surface area is 149 Å². The quantitative estimate of drug-likeness (QED) is 0.730. The highest BCUT2D eigenvalue weighted by atomic mass is 32.1. The Morgan fingerprint density at radius 1 is 1.32 bits per heavy atom. The summed E-state index contributed by atoms with van der Waals surface area (Å²) in [4.78, 5) is 17.4. The monoisotopic (exact) mass is 357 g/mol. The van der Waals surface area contributed by atoms with Gasteiger partial charge in [0, 0.05) is 0 Å². The number of nitrogens with one attached hydrogen (secondary N) is 1. The van der Waals surface area contributed by atoms with Gasteiger partial charge in [0.1, 0.15) is 5.75 Å². The minimum Gasteiger partial charge on any atom is -0.481 e. The van der Waals surface area contributed by atoms with Crippen LogP contribution in [-0.2, 0) is 11.3 Å². The smallest absolute Gasteiger partial charge is 0.261 e. The van der Waals surface area contributed by atoms with E-state index in [4.69, 9.17) is 9.26 Å². The molecule has 0 bridgehead atoms. The van der Waals surface area contributed by atoms with E-state index in [1.807, 2.05) is 43.5 Å². The van der Waals surface area contributed by atoms with E-state index in [1.54, 1.807) is 6.92 Å². The zero-order chi connectivity index (χ0) is 17.8. The lowest BCUT2D eigenvalue weighted by molar-refractivity contribution is -0.127. The molecule has 2 aromatic heterocycles. The van der Waals surface area contributed by atoms with Crippen molar-refractivity contribution in [1.82, 2.24) is 15.5 Å². The van der Waals surface area contributed by atoms with E-state index >= 15 is 0 Å². The van der Waals surface area contributed by atoms with Gasteiger partial charge in [-0.2, -0.15) is 4.98 Å². The van der Waals surface area contributed by atoms with E-state index < -0.39 is 6.10 Å². The lowest BCUT2D eigenvalue weighted by atomic mass is 10.1. The van der Waals surface area contributed by atoms with Gasteiger partial charge >= 0.3 is 0 Å². The number of hydrogen-bond donors (Lipinski definition) is 1. The van der Waals surface area contributed by atoms with Crippen molar-refractivity contribution in [3.05, 3.63) is 52.7 Å². The summed E-state index contributed by atoms with van der Waals surface area (Å²) in [6.45, 7) is 5.85. The number of carbonyl (C=O) groups is 1. The summed E-state index contributed by atoms with van der Waals surface area (Å²) in [5.74, 6) is 1.32. The zero-order valence-electron chi connectivity index (χ0n) is 14.3. The van der Waals surface area contributed by atoms with Crippen LogP contribution in [0.25, 0.3) is 10.7 Å². The number of carbonyl (C=O) groups excluding carboxylic acids is 1. The molecule has 7 heteroatoms. The van der Waals surface area contributed by atoms with Crippen molar-refractivity contribution in [2.45, 2.75) is 33.4 Å². The van der Waals surface area contributed by atoms with E-state index in [9.17, 15) is 4.79 Å². The first kappa shape index (κ1) is 17.2. The van der Waals surface area contributed by atoms with Gasteiger partial charge in [-0.25, -0.2) is 0 Å². The molecule has 1 aromatic carbocycles. The molecule has 0 aliphatic carbocycles. The lowest BCUT2D eigenvalue weighted by Gasteiger charge is -2.15. The Balaban J connectivity index is 1.55. The Kier molecular flexibility index (Phi) is 5.14. The number of aryl methyl sites for hydroxylation is 2. The Hall–Kier alpha value is -2.67. The van der Waals surface area contributed by atoms with E-state index in [2.05, 4.69) is 21.5 Å². The van der Waals surface area contributed by atoms with Crippen molar-refractivity contribution in [2.24, 2.45) is 0 Å². The third kappa shape index (κ3) is 4.45. The summed E-state index contributed by atoms with van der Waals surface area (Å²) in [6, 6.07) is 9.70. The molecule has 0 radical (unpaired) electrons. The van der Waals surface area contributed by atoms with Crippen molar-refractivity contribution in [1.29, 1.82) is 0 Å². The number of nitrogens with zero attached hydrogens (tertiary/aromatic N) is 2. The molecular formula is C18H19N3O3S. The normalized spacial score (nSPS) is 12.0. The summed E-state index contributed by atoms with van der Waals surface area (Å²) in [5, 5.41) is 8.60. The molecule has 130 valence electrons. The van der Waals surface area contributed by atoms with Gasteiger partial charge < -0.3 is 14.6 Å². The molecule has 0 saturated carbocycles. The van der Waals surface area contributed by atoms with Crippen molar-refractivity contribution >= 4 is 17.2 Å². The molecule has 0 fully saturated rings. The highest BCUT2D eigenvalue weighted by molar-refractivity contribution is 7.13. The molecule has 1 N–H and O–H groups in total. The topological polar surface area (TPSA) is 77.2 Å². The molecule has 0 aliphatic heterocycles. The largest absolute Gasteiger partial charge is 0.481 e. The molecule has 3 rings (SSSR count). The Morgan fingerprint density at radius 2 is 2.08 bits per heavy atom. The van der Waals surface area contributed by atoms with Crippen LogP contribution in [0.3, 0.4) is 0 Å². The van der Waals surface area contributed by atoms with Crippen LogP contribution in [0.15, 0.2) is 40.2 Å². The van der Waals surface area contributed by atoms with E-state index in [1.165, 1.54) is 11.3 Å². The molecule has 3 aromatic rings. The standard InChI is InChI=1S/C18H19N3O3S/c1-11-7-12(2)9-14(8-11)23-13(3)18(22)19-10-16-20-17(21-24-16)15-5-4-6-25-15/h4-9,13H,10H2,1-3H3,(H,19,22)/t13-/m0/s1. The van der Waals surface area contributed by atoms with Gasteiger partial charge in [0.25, 0.3) is 5.91 Å².